The van der Waals surface area contributed by atoms with Crippen molar-refractivity contribution in [2.75, 3.05) is 0 Å². The van der Waals surface area contributed by atoms with Gasteiger partial charge in [0.1, 0.15) is 28.6 Å². The summed E-state index contributed by atoms with van der Waals surface area (Å²) >= 11 is 0. The first-order valence-corrected chi connectivity index (χ1v) is 6.02. The fourth-order valence-corrected chi connectivity index (χ4v) is 1.54. The van der Waals surface area contributed by atoms with Crippen LogP contribution >= 0.6 is 0 Å². The highest BCUT2D eigenvalue weighted by Crippen LogP contribution is 2.22. The zero-order chi connectivity index (χ0) is 20.3. The highest BCUT2D eigenvalue weighted by molar-refractivity contribution is 5.88. The lowest BCUT2D eigenvalue weighted by Gasteiger charge is -2.03. The summed E-state index contributed by atoms with van der Waals surface area (Å²) in [7, 11) is 0. The van der Waals surface area contributed by atoms with Gasteiger partial charge >= 0.3 is 11.9 Å². The van der Waals surface area contributed by atoms with Crippen molar-refractivity contribution in [3.05, 3.63) is 69.8 Å². The molecule has 12 heteroatoms. The number of aromatic carboxylic acids is 2. The number of halogens is 8. The van der Waals surface area contributed by atoms with Crippen LogP contribution < -0.4 is 0 Å². The van der Waals surface area contributed by atoms with Crippen LogP contribution in [-0.4, -0.2) is 22.2 Å². The van der Waals surface area contributed by atoms with E-state index in [0.29, 0.717) is 12.1 Å². The first-order valence-electron chi connectivity index (χ1n) is 6.02. The van der Waals surface area contributed by atoms with E-state index in [1.165, 1.54) is 0 Å². The Morgan fingerprint density at radius 2 is 0.885 bits per heavy atom. The number of rotatable bonds is 2. The van der Waals surface area contributed by atoms with Gasteiger partial charge in [0, 0.05) is 12.1 Å². The van der Waals surface area contributed by atoms with Crippen molar-refractivity contribution in [2.45, 2.75) is 0 Å². The van der Waals surface area contributed by atoms with Gasteiger partial charge in [-0.1, -0.05) is 0 Å². The maximum atomic E-state index is 12.6. The zero-order valence-electron chi connectivity index (χ0n) is 11.9. The summed E-state index contributed by atoms with van der Waals surface area (Å²) in [5.74, 6) is -19.6. The molecule has 0 aliphatic heterocycles. The summed E-state index contributed by atoms with van der Waals surface area (Å²) in [6, 6.07) is 0.624. The summed E-state index contributed by atoms with van der Waals surface area (Å²) < 4.78 is 99.3. The van der Waals surface area contributed by atoms with Gasteiger partial charge in [-0.05, 0) is 0 Å². The van der Waals surface area contributed by atoms with Crippen LogP contribution in [0.4, 0.5) is 35.1 Å². The molecular formula is C14H4F8O4. The van der Waals surface area contributed by atoms with Gasteiger partial charge in [-0.2, -0.15) is 0 Å². The highest BCUT2D eigenvalue weighted by atomic mass is 19.2. The lowest BCUT2D eigenvalue weighted by molar-refractivity contribution is 0.0672. The van der Waals surface area contributed by atoms with Crippen LogP contribution in [0.2, 0.25) is 0 Å². The van der Waals surface area contributed by atoms with Gasteiger partial charge in [0.25, 0.3) is 0 Å². The maximum absolute atomic E-state index is 12.6. The Hall–Kier alpha value is -3.18. The Morgan fingerprint density at radius 3 is 1.19 bits per heavy atom. The molecule has 0 radical (unpaired) electrons. The molecule has 26 heavy (non-hydrogen) atoms. The monoisotopic (exact) mass is 388 g/mol. The van der Waals surface area contributed by atoms with Crippen molar-refractivity contribution >= 4 is 11.9 Å². The van der Waals surface area contributed by atoms with Crippen LogP contribution in [0.1, 0.15) is 20.7 Å². The van der Waals surface area contributed by atoms with Crippen LogP contribution in [0.15, 0.2) is 12.1 Å². The molecule has 0 unspecified atom stereocenters. The predicted molar refractivity (Wildman–Crippen MR) is 66.5 cm³/mol. The van der Waals surface area contributed by atoms with Gasteiger partial charge in [-0.15, -0.1) is 0 Å². The molecule has 0 saturated heterocycles. The second-order valence-electron chi connectivity index (χ2n) is 4.30. The molecule has 2 rings (SSSR count). The summed E-state index contributed by atoms with van der Waals surface area (Å²) in [5.41, 5.74) is -3.00. The molecule has 0 fully saturated rings. The van der Waals surface area contributed by atoms with Crippen molar-refractivity contribution < 1.29 is 54.9 Å². The number of hydrogen-bond donors (Lipinski definition) is 2. The van der Waals surface area contributed by atoms with E-state index in [0.717, 1.165) is 0 Å². The Balaban J connectivity index is 0.000000263. The van der Waals surface area contributed by atoms with Crippen molar-refractivity contribution in [2.24, 2.45) is 0 Å². The van der Waals surface area contributed by atoms with E-state index in [1.807, 2.05) is 0 Å². The molecule has 0 heterocycles. The smallest absolute Gasteiger partial charge is 0.341 e. The van der Waals surface area contributed by atoms with Crippen LogP contribution in [0.3, 0.4) is 0 Å². The Morgan fingerprint density at radius 1 is 0.577 bits per heavy atom. The molecular weight excluding hydrogens is 384 g/mol. The fourth-order valence-electron chi connectivity index (χ4n) is 1.54. The average Bonchev–Trinajstić information content (AvgIpc) is 2.50. The lowest BCUT2D eigenvalue weighted by Crippen LogP contribution is -2.11. The van der Waals surface area contributed by atoms with E-state index < -0.39 is 69.6 Å². The van der Waals surface area contributed by atoms with Gasteiger partial charge < -0.3 is 10.2 Å². The third-order valence-electron chi connectivity index (χ3n) is 2.64. The predicted octanol–water partition coefficient (Wildman–Crippen LogP) is 3.88. The molecule has 0 saturated carbocycles. The number of carboxylic acids is 2. The Bertz CT molecular complexity index is 845. The van der Waals surface area contributed by atoms with Crippen molar-refractivity contribution in [3.63, 3.8) is 0 Å². The number of carbonyl (C=O) groups is 2. The molecule has 140 valence electrons. The molecule has 0 aromatic heterocycles. The van der Waals surface area contributed by atoms with E-state index in [-0.39, 0.29) is 0 Å². The SMILES string of the molecule is O=C(O)c1c(F)c(F)c(F)c(F)c1F.O=C(O)c1c(F)cc(F)cc1F. The van der Waals surface area contributed by atoms with E-state index in [2.05, 4.69) is 0 Å². The zero-order valence-corrected chi connectivity index (χ0v) is 11.9. The topological polar surface area (TPSA) is 74.6 Å². The van der Waals surface area contributed by atoms with E-state index in [4.69, 9.17) is 10.2 Å². The van der Waals surface area contributed by atoms with E-state index >= 15 is 0 Å². The minimum Gasteiger partial charge on any atom is -0.477 e. The Labute approximate surface area is 137 Å². The molecule has 0 aliphatic carbocycles. The van der Waals surface area contributed by atoms with Gasteiger partial charge in [0.15, 0.2) is 23.3 Å². The quantitative estimate of drug-likeness (QED) is 0.465. The second-order valence-corrected chi connectivity index (χ2v) is 4.30. The van der Waals surface area contributed by atoms with Crippen molar-refractivity contribution in [1.82, 2.24) is 0 Å². The minimum absolute atomic E-state index is 0.312. The second kappa shape index (κ2) is 7.80. The third-order valence-corrected chi connectivity index (χ3v) is 2.64. The fraction of sp³-hybridized carbons (Fsp3) is 0. The van der Waals surface area contributed by atoms with Gasteiger partial charge in [0.2, 0.25) is 5.82 Å². The molecule has 0 atom stereocenters. The van der Waals surface area contributed by atoms with Crippen LogP contribution in [0.5, 0.6) is 0 Å². The molecule has 2 aromatic rings. The van der Waals surface area contributed by atoms with E-state index in [1.54, 1.807) is 0 Å². The molecule has 2 aromatic carbocycles. The minimum atomic E-state index is -2.38. The summed E-state index contributed by atoms with van der Waals surface area (Å²) in [4.78, 5) is 20.3. The molecule has 0 amide bonds. The van der Waals surface area contributed by atoms with Gasteiger partial charge in [-0.25, -0.2) is 44.7 Å². The summed E-state index contributed by atoms with van der Waals surface area (Å²) in [6.45, 7) is 0. The normalized spacial score (nSPS) is 10.2. The number of carboxylic acid groups (broad SMARTS) is 2. The lowest BCUT2D eigenvalue weighted by atomic mass is 10.1. The van der Waals surface area contributed by atoms with Gasteiger partial charge in [-0.3, -0.25) is 0 Å². The van der Waals surface area contributed by atoms with Crippen molar-refractivity contribution in [3.8, 4) is 0 Å². The first kappa shape index (κ1) is 20.9. The number of hydrogen-bond acceptors (Lipinski definition) is 2. The maximum Gasteiger partial charge on any atom is 0.341 e. The largest absolute Gasteiger partial charge is 0.477 e. The van der Waals surface area contributed by atoms with Crippen LogP contribution in [-0.2, 0) is 0 Å². The Kier molecular flexibility index (Phi) is 6.26. The van der Waals surface area contributed by atoms with Crippen molar-refractivity contribution in [1.29, 1.82) is 0 Å². The first-order chi connectivity index (χ1) is 11.9. The molecule has 0 spiro atoms. The third kappa shape index (κ3) is 4.07. The molecule has 0 bridgehead atoms. The summed E-state index contributed by atoms with van der Waals surface area (Å²) in [6.07, 6.45) is 0. The highest BCUT2D eigenvalue weighted by Gasteiger charge is 2.29. The number of benzene rings is 2. The van der Waals surface area contributed by atoms with E-state index in [9.17, 15) is 44.7 Å². The molecule has 4 nitrogen and oxygen atoms in total. The standard InChI is InChI=1S/C7HF5O2.C7H3F3O2/c8-2-1(7(13)14)3(9)5(11)6(12)4(2)10;8-3-1-4(9)6(7(11)12)5(10)2-3/h(H,13,14);1-2H,(H,11,12). The van der Waals surface area contributed by atoms with Gasteiger partial charge in [0.05, 0.1) is 0 Å². The molecule has 0 aliphatic rings. The summed E-state index contributed by atoms with van der Waals surface area (Å²) in [5, 5.41) is 16.4. The molecule has 2 N–H and O–H groups in total. The van der Waals surface area contributed by atoms with Crippen LogP contribution in [0.25, 0.3) is 0 Å². The average molecular weight is 388 g/mol. The van der Waals surface area contributed by atoms with Crippen LogP contribution in [0, 0.1) is 46.5 Å².